The number of H-pyrrole nitrogens is 1. The number of fused-ring (bicyclic) bond motifs is 1. The Labute approximate surface area is 178 Å². The molecule has 1 fully saturated rings. The van der Waals surface area contributed by atoms with Gasteiger partial charge in [-0.25, -0.2) is 9.78 Å². The van der Waals surface area contributed by atoms with E-state index in [0.29, 0.717) is 19.0 Å². The maximum absolute atomic E-state index is 10.8. The second-order valence-electron chi connectivity index (χ2n) is 7.55. The number of aromatic nitrogens is 3. The van der Waals surface area contributed by atoms with Gasteiger partial charge in [-0.05, 0) is 46.7 Å². The number of nitrogens with zero attached hydrogens (tertiary/aromatic N) is 3. The standard InChI is InChI=1S/C23H21N5O3/c24-23(29)31-20-13-28(14-20)12-15-1-2-17-10-19(5-3-16(17)9-15)30-22-6-4-18(11-25-22)21-7-8-26-27-21/h1-11,20H,12-14H2,(H2,24,29)(H,26,27). The zero-order valence-corrected chi connectivity index (χ0v) is 16.7. The molecule has 0 spiro atoms. The number of rotatable bonds is 6. The van der Waals surface area contributed by atoms with Crippen LogP contribution >= 0.6 is 0 Å². The van der Waals surface area contributed by atoms with Crippen molar-refractivity contribution < 1.29 is 14.3 Å². The van der Waals surface area contributed by atoms with E-state index in [1.807, 2.05) is 36.4 Å². The van der Waals surface area contributed by atoms with Gasteiger partial charge in [0.25, 0.3) is 0 Å². The molecule has 1 amide bonds. The predicted octanol–water partition coefficient (Wildman–Crippen LogP) is 3.70. The van der Waals surface area contributed by atoms with Crippen LogP contribution in [0.2, 0.25) is 0 Å². The lowest BCUT2D eigenvalue weighted by atomic mass is 10.0. The summed E-state index contributed by atoms with van der Waals surface area (Å²) in [6.07, 6.45) is 2.65. The van der Waals surface area contributed by atoms with Crippen LogP contribution in [0.3, 0.4) is 0 Å². The van der Waals surface area contributed by atoms with Gasteiger partial charge in [0.05, 0.1) is 5.69 Å². The molecule has 8 nitrogen and oxygen atoms in total. The first-order chi connectivity index (χ1) is 15.1. The van der Waals surface area contributed by atoms with Crippen LogP contribution in [-0.2, 0) is 11.3 Å². The highest BCUT2D eigenvalue weighted by Gasteiger charge is 2.29. The van der Waals surface area contributed by atoms with Gasteiger partial charge in [0.15, 0.2) is 0 Å². The molecule has 5 rings (SSSR count). The van der Waals surface area contributed by atoms with Crippen LogP contribution in [0, 0.1) is 0 Å². The highest BCUT2D eigenvalue weighted by Crippen LogP contribution is 2.27. The van der Waals surface area contributed by atoms with Gasteiger partial charge in [0.2, 0.25) is 5.88 Å². The van der Waals surface area contributed by atoms with Crippen LogP contribution in [0.25, 0.3) is 22.0 Å². The van der Waals surface area contributed by atoms with Crippen molar-refractivity contribution in [2.24, 2.45) is 5.73 Å². The molecule has 156 valence electrons. The maximum atomic E-state index is 10.8. The zero-order chi connectivity index (χ0) is 21.2. The van der Waals surface area contributed by atoms with Crippen LogP contribution in [0.4, 0.5) is 4.79 Å². The minimum Gasteiger partial charge on any atom is -0.444 e. The number of carbonyl (C=O) groups excluding carboxylic acids is 1. The average molecular weight is 415 g/mol. The number of benzene rings is 2. The van der Waals surface area contributed by atoms with Crippen LogP contribution in [0.5, 0.6) is 11.6 Å². The molecule has 4 aromatic rings. The lowest BCUT2D eigenvalue weighted by Gasteiger charge is -2.38. The van der Waals surface area contributed by atoms with Crippen LogP contribution in [-0.4, -0.2) is 45.4 Å². The number of primary amides is 1. The molecule has 3 N–H and O–H groups in total. The largest absolute Gasteiger partial charge is 0.444 e. The number of likely N-dealkylation sites (tertiary alicyclic amines) is 1. The maximum Gasteiger partial charge on any atom is 0.404 e. The highest BCUT2D eigenvalue weighted by atomic mass is 16.6. The molecular formula is C23H21N5O3. The lowest BCUT2D eigenvalue weighted by molar-refractivity contribution is -0.0137. The molecule has 1 aliphatic heterocycles. The number of hydrogen-bond donors (Lipinski definition) is 2. The topological polar surface area (TPSA) is 106 Å². The van der Waals surface area contributed by atoms with Crippen LogP contribution in [0.15, 0.2) is 67.0 Å². The van der Waals surface area contributed by atoms with Gasteiger partial charge in [-0.15, -0.1) is 0 Å². The summed E-state index contributed by atoms with van der Waals surface area (Å²) in [4.78, 5) is 17.4. The van der Waals surface area contributed by atoms with Crippen molar-refractivity contribution in [3.05, 3.63) is 72.6 Å². The first kappa shape index (κ1) is 19.1. The first-order valence-electron chi connectivity index (χ1n) is 9.97. The monoisotopic (exact) mass is 415 g/mol. The van der Waals surface area contributed by atoms with E-state index in [4.69, 9.17) is 15.2 Å². The van der Waals surface area contributed by atoms with Gasteiger partial charge in [0, 0.05) is 43.7 Å². The number of nitrogens with two attached hydrogens (primary N) is 1. The number of aromatic amines is 1. The summed E-state index contributed by atoms with van der Waals surface area (Å²) in [5, 5.41) is 9.10. The molecule has 0 saturated carbocycles. The number of carbonyl (C=O) groups is 1. The average Bonchev–Trinajstić information content (AvgIpc) is 3.27. The fraction of sp³-hybridized carbons (Fsp3) is 0.174. The highest BCUT2D eigenvalue weighted by molar-refractivity contribution is 5.84. The molecule has 0 atom stereocenters. The fourth-order valence-electron chi connectivity index (χ4n) is 3.72. The summed E-state index contributed by atoms with van der Waals surface area (Å²) in [6, 6.07) is 18.0. The molecular weight excluding hydrogens is 394 g/mol. The van der Waals surface area contributed by atoms with Crippen molar-refractivity contribution in [1.29, 1.82) is 0 Å². The second-order valence-corrected chi connectivity index (χ2v) is 7.55. The predicted molar refractivity (Wildman–Crippen MR) is 116 cm³/mol. The molecule has 2 aromatic heterocycles. The van der Waals surface area contributed by atoms with Gasteiger partial charge < -0.3 is 15.2 Å². The quantitative estimate of drug-likeness (QED) is 0.497. The van der Waals surface area contributed by atoms with E-state index >= 15 is 0 Å². The Hall–Kier alpha value is -3.91. The van der Waals surface area contributed by atoms with Crippen LogP contribution < -0.4 is 10.5 Å². The number of nitrogens with one attached hydrogen (secondary N) is 1. The van der Waals surface area contributed by atoms with Crippen molar-refractivity contribution in [1.82, 2.24) is 20.1 Å². The molecule has 0 unspecified atom stereocenters. The van der Waals surface area contributed by atoms with Crippen molar-refractivity contribution >= 4 is 16.9 Å². The van der Waals surface area contributed by atoms with E-state index < -0.39 is 6.09 Å². The number of amides is 1. The molecule has 8 heteroatoms. The Bertz CT molecular complexity index is 1200. The number of pyridine rings is 1. The zero-order valence-electron chi connectivity index (χ0n) is 16.7. The first-order valence-corrected chi connectivity index (χ1v) is 9.97. The van der Waals surface area contributed by atoms with Gasteiger partial charge in [-0.3, -0.25) is 10.00 Å². The normalized spacial score (nSPS) is 14.3. The SMILES string of the molecule is NC(=O)OC1CN(Cc2ccc3cc(Oc4ccc(-c5ccn[nH]5)cn4)ccc3c2)C1. The van der Waals surface area contributed by atoms with E-state index in [1.165, 1.54) is 5.56 Å². The Kier molecular flexibility index (Phi) is 4.97. The Morgan fingerprint density at radius 1 is 1.10 bits per heavy atom. The summed E-state index contributed by atoms with van der Waals surface area (Å²) in [7, 11) is 0. The van der Waals surface area contributed by atoms with Crippen molar-refractivity contribution in [3.8, 4) is 22.9 Å². The molecule has 0 bridgehead atoms. The Balaban J connectivity index is 1.23. The molecule has 1 saturated heterocycles. The molecule has 0 aliphatic carbocycles. The molecule has 1 aliphatic rings. The Morgan fingerprint density at radius 2 is 1.94 bits per heavy atom. The van der Waals surface area contributed by atoms with Gasteiger partial charge >= 0.3 is 6.09 Å². The third-order valence-electron chi connectivity index (χ3n) is 5.26. The minimum atomic E-state index is -0.711. The smallest absolute Gasteiger partial charge is 0.404 e. The third-order valence-corrected chi connectivity index (χ3v) is 5.26. The van der Waals surface area contributed by atoms with E-state index in [1.54, 1.807) is 12.4 Å². The second kappa shape index (κ2) is 8.08. The lowest BCUT2D eigenvalue weighted by Crippen LogP contribution is -2.52. The van der Waals surface area contributed by atoms with Crippen molar-refractivity contribution in [2.45, 2.75) is 12.6 Å². The molecule has 31 heavy (non-hydrogen) atoms. The third kappa shape index (κ3) is 4.34. The van der Waals surface area contributed by atoms with Gasteiger partial charge in [-0.2, -0.15) is 5.10 Å². The summed E-state index contributed by atoms with van der Waals surface area (Å²) in [6.45, 7) is 2.22. The van der Waals surface area contributed by atoms with E-state index in [-0.39, 0.29) is 6.10 Å². The van der Waals surface area contributed by atoms with E-state index in [0.717, 1.165) is 34.3 Å². The number of hydrogen-bond acceptors (Lipinski definition) is 6. The summed E-state index contributed by atoms with van der Waals surface area (Å²) >= 11 is 0. The van der Waals surface area contributed by atoms with Gasteiger partial charge in [-0.1, -0.05) is 18.2 Å². The minimum absolute atomic E-state index is 0.0974. The summed E-state index contributed by atoms with van der Waals surface area (Å²) < 4.78 is 10.9. The van der Waals surface area contributed by atoms with Crippen molar-refractivity contribution in [2.75, 3.05) is 13.1 Å². The molecule has 0 radical (unpaired) electrons. The molecule has 3 heterocycles. The van der Waals surface area contributed by atoms with E-state index in [9.17, 15) is 4.79 Å². The summed E-state index contributed by atoms with van der Waals surface area (Å²) in [5.41, 5.74) is 8.12. The number of ether oxygens (including phenoxy) is 2. The van der Waals surface area contributed by atoms with Crippen LogP contribution in [0.1, 0.15) is 5.56 Å². The van der Waals surface area contributed by atoms with E-state index in [2.05, 4.69) is 38.3 Å². The molecule has 2 aromatic carbocycles. The summed E-state index contributed by atoms with van der Waals surface area (Å²) in [5.74, 6) is 1.26. The Morgan fingerprint density at radius 3 is 2.68 bits per heavy atom. The van der Waals surface area contributed by atoms with Crippen molar-refractivity contribution in [3.63, 3.8) is 0 Å². The fourth-order valence-corrected chi connectivity index (χ4v) is 3.72. The van der Waals surface area contributed by atoms with Gasteiger partial charge in [0.1, 0.15) is 11.9 Å².